The number of anilines is 1. The number of ether oxygens (including phenoxy) is 1. The third-order valence-electron chi connectivity index (χ3n) is 3.07. The molecule has 0 bridgehead atoms. The molecule has 0 aliphatic heterocycles. The number of carbonyl (C=O) groups is 2. The molecule has 0 spiro atoms. The second kappa shape index (κ2) is 5.61. The first-order chi connectivity index (χ1) is 10.6. The fourth-order valence-corrected chi connectivity index (χ4v) is 3.16. The number of methoxy groups -OCH3 is 1. The average molecular weight is 316 g/mol. The van der Waals surface area contributed by atoms with Crippen LogP contribution in [0.3, 0.4) is 0 Å². The molecule has 1 amide bonds. The maximum atomic E-state index is 12.2. The van der Waals surface area contributed by atoms with Crippen molar-refractivity contribution in [3.8, 4) is 0 Å². The Hall–Kier alpha value is -2.67. The number of nitrogens with zero attached hydrogens (tertiary/aromatic N) is 1. The lowest BCUT2D eigenvalue weighted by Gasteiger charge is -2.03. The molecule has 3 rings (SSSR count). The van der Waals surface area contributed by atoms with Gasteiger partial charge < -0.3 is 14.6 Å². The van der Waals surface area contributed by atoms with Crippen LogP contribution in [0.25, 0.3) is 10.1 Å². The van der Waals surface area contributed by atoms with E-state index >= 15 is 0 Å². The molecule has 6 nitrogen and oxygen atoms in total. The van der Waals surface area contributed by atoms with Gasteiger partial charge in [0.2, 0.25) is 0 Å². The number of amides is 1. The SMILES string of the molecule is COC(=O)c1c(NC(=O)c2cc(C)on2)sc2ccccc12. The lowest BCUT2D eigenvalue weighted by Crippen LogP contribution is -2.14. The van der Waals surface area contributed by atoms with Crippen molar-refractivity contribution >= 4 is 38.3 Å². The Morgan fingerprint density at radius 1 is 1.32 bits per heavy atom. The summed E-state index contributed by atoms with van der Waals surface area (Å²) < 4.78 is 10.6. The van der Waals surface area contributed by atoms with Crippen molar-refractivity contribution < 1.29 is 18.8 Å². The molecular formula is C15H12N2O4S. The summed E-state index contributed by atoms with van der Waals surface area (Å²) in [5.74, 6) is -0.396. The molecule has 0 unspecified atom stereocenters. The molecule has 2 aromatic heterocycles. The maximum absolute atomic E-state index is 12.2. The highest BCUT2D eigenvalue weighted by molar-refractivity contribution is 7.23. The van der Waals surface area contributed by atoms with Crippen LogP contribution in [0.4, 0.5) is 5.00 Å². The highest BCUT2D eigenvalue weighted by Crippen LogP contribution is 2.36. The predicted molar refractivity (Wildman–Crippen MR) is 82.4 cm³/mol. The minimum Gasteiger partial charge on any atom is -0.465 e. The van der Waals surface area contributed by atoms with Crippen molar-refractivity contribution in [3.05, 3.63) is 47.3 Å². The second-order valence-corrected chi connectivity index (χ2v) is 5.62. The number of carbonyl (C=O) groups excluding carboxylic acids is 2. The molecule has 0 atom stereocenters. The second-order valence-electron chi connectivity index (χ2n) is 4.57. The van der Waals surface area contributed by atoms with Gasteiger partial charge in [-0.15, -0.1) is 11.3 Å². The lowest BCUT2D eigenvalue weighted by molar-refractivity contribution is 0.0604. The van der Waals surface area contributed by atoms with E-state index in [0.29, 0.717) is 16.3 Å². The molecule has 7 heteroatoms. The zero-order valence-electron chi connectivity index (χ0n) is 11.9. The largest absolute Gasteiger partial charge is 0.465 e. The van der Waals surface area contributed by atoms with Gasteiger partial charge in [-0.3, -0.25) is 4.79 Å². The van der Waals surface area contributed by atoms with Gasteiger partial charge in [-0.1, -0.05) is 23.4 Å². The van der Waals surface area contributed by atoms with E-state index < -0.39 is 11.9 Å². The van der Waals surface area contributed by atoms with Gasteiger partial charge in [-0.2, -0.15) is 0 Å². The summed E-state index contributed by atoms with van der Waals surface area (Å²) in [6.07, 6.45) is 0. The van der Waals surface area contributed by atoms with E-state index in [-0.39, 0.29) is 5.69 Å². The van der Waals surface area contributed by atoms with Gasteiger partial charge in [0.1, 0.15) is 16.3 Å². The van der Waals surface area contributed by atoms with E-state index in [1.807, 2.05) is 24.3 Å². The molecule has 112 valence electrons. The van der Waals surface area contributed by atoms with Crippen LogP contribution < -0.4 is 5.32 Å². The molecule has 1 aromatic carbocycles. The fraction of sp³-hybridized carbons (Fsp3) is 0.133. The summed E-state index contributed by atoms with van der Waals surface area (Å²) >= 11 is 1.31. The predicted octanol–water partition coefficient (Wildman–Crippen LogP) is 3.24. The minimum absolute atomic E-state index is 0.158. The third-order valence-corrected chi connectivity index (χ3v) is 4.16. The number of thiophene rings is 1. The van der Waals surface area contributed by atoms with Crippen LogP contribution in [-0.4, -0.2) is 24.1 Å². The average Bonchev–Trinajstić information content (AvgIpc) is 3.09. The molecule has 0 fully saturated rings. The molecule has 0 aliphatic rings. The molecule has 0 radical (unpaired) electrons. The summed E-state index contributed by atoms with van der Waals surface area (Å²) in [6.45, 7) is 1.70. The van der Waals surface area contributed by atoms with Crippen molar-refractivity contribution in [2.24, 2.45) is 0 Å². The number of nitrogens with one attached hydrogen (secondary N) is 1. The molecule has 0 saturated carbocycles. The van der Waals surface area contributed by atoms with Crippen LogP contribution in [0.1, 0.15) is 26.6 Å². The summed E-state index contributed by atoms with van der Waals surface area (Å²) in [4.78, 5) is 24.2. The van der Waals surface area contributed by atoms with Crippen LogP contribution in [0, 0.1) is 6.92 Å². The molecular weight excluding hydrogens is 304 g/mol. The Balaban J connectivity index is 2.02. The normalized spacial score (nSPS) is 10.6. The van der Waals surface area contributed by atoms with E-state index in [9.17, 15) is 9.59 Å². The number of aryl methyl sites for hydroxylation is 1. The minimum atomic E-state index is -0.496. The van der Waals surface area contributed by atoms with Crippen LogP contribution >= 0.6 is 11.3 Å². The van der Waals surface area contributed by atoms with E-state index in [1.165, 1.54) is 24.5 Å². The van der Waals surface area contributed by atoms with Gasteiger partial charge in [0.15, 0.2) is 5.69 Å². The van der Waals surface area contributed by atoms with E-state index in [1.54, 1.807) is 6.92 Å². The molecule has 0 aliphatic carbocycles. The maximum Gasteiger partial charge on any atom is 0.341 e. The molecule has 0 saturated heterocycles. The Kier molecular flexibility index (Phi) is 3.64. The summed E-state index contributed by atoms with van der Waals surface area (Å²) in [6, 6.07) is 8.91. The number of esters is 1. The van der Waals surface area contributed by atoms with Gasteiger partial charge in [0, 0.05) is 16.2 Å². The summed E-state index contributed by atoms with van der Waals surface area (Å²) in [7, 11) is 1.31. The number of hydrogen-bond donors (Lipinski definition) is 1. The smallest absolute Gasteiger partial charge is 0.341 e. The fourth-order valence-electron chi connectivity index (χ4n) is 2.08. The van der Waals surface area contributed by atoms with Crippen LogP contribution in [0.2, 0.25) is 0 Å². The Morgan fingerprint density at radius 3 is 2.77 bits per heavy atom. The quantitative estimate of drug-likeness (QED) is 0.750. The Bertz CT molecular complexity index is 865. The van der Waals surface area contributed by atoms with Gasteiger partial charge in [-0.25, -0.2) is 4.79 Å². The number of aromatic nitrogens is 1. The van der Waals surface area contributed by atoms with Crippen molar-refractivity contribution in [3.63, 3.8) is 0 Å². The van der Waals surface area contributed by atoms with Crippen molar-refractivity contribution in [1.29, 1.82) is 0 Å². The standard InChI is InChI=1S/C15H12N2O4S/c1-8-7-10(17-21-8)13(18)16-14-12(15(19)20-2)9-5-3-4-6-11(9)22-14/h3-7H,1-2H3,(H,16,18). The van der Waals surface area contributed by atoms with Crippen LogP contribution in [0.15, 0.2) is 34.9 Å². The van der Waals surface area contributed by atoms with Gasteiger partial charge in [0.05, 0.1) is 7.11 Å². The van der Waals surface area contributed by atoms with E-state index in [2.05, 4.69) is 10.5 Å². The third kappa shape index (κ3) is 2.46. The molecule has 3 aromatic rings. The number of benzene rings is 1. The number of hydrogen-bond acceptors (Lipinski definition) is 6. The summed E-state index contributed by atoms with van der Waals surface area (Å²) in [5, 5.41) is 7.53. The van der Waals surface area contributed by atoms with Gasteiger partial charge in [-0.05, 0) is 13.0 Å². The first kappa shape index (κ1) is 14.3. The highest BCUT2D eigenvalue weighted by Gasteiger charge is 2.22. The molecule has 22 heavy (non-hydrogen) atoms. The van der Waals surface area contributed by atoms with Gasteiger partial charge in [0.25, 0.3) is 5.91 Å². The Morgan fingerprint density at radius 2 is 2.09 bits per heavy atom. The lowest BCUT2D eigenvalue weighted by atomic mass is 10.1. The van der Waals surface area contributed by atoms with Crippen LogP contribution in [0.5, 0.6) is 0 Å². The van der Waals surface area contributed by atoms with Crippen molar-refractivity contribution in [2.45, 2.75) is 6.92 Å². The highest BCUT2D eigenvalue weighted by atomic mass is 32.1. The zero-order valence-corrected chi connectivity index (χ0v) is 12.7. The topological polar surface area (TPSA) is 81.4 Å². The first-order valence-corrected chi connectivity index (χ1v) is 7.26. The Labute approximate surface area is 129 Å². The van der Waals surface area contributed by atoms with E-state index in [4.69, 9.17) is 9.26 Å². The number of fused-ring (bicyclic) bond motifs is 1. The monoisotopic (exact) mass is 316 g/mol. The number of rotatable bonds is 3. The first-order valence-electron chi connectivity index (χ1n) is 6.44. The van der Waals surface area contributed by atoms with Gasteiger partial charge >= 0.3 is 5.97 Å². The molecule has 1 N–H and O–H groups in total. The van der Waals surface area contributed by atoms with Crippen molar-refractivity contribution in [1.82, 2.24) is 5.16 Å². The molecule has 2 heterocycles. The summed E-state index contributed by atoms with van der Waals surface area (Å²) in [5.41, 5.74) is 0.502. The zero-order chi connectivity index (χ0) is 15.7. The van der Waals surface area contributed by atoms with E-state index in [0.717, 1.165) is 10.1 Å². The van der Waals surface area contributed by atoms with Crippen LogP contribution in [-0.2, 0) is 4.74 Å². The van der Waals surface area contributed by atoms with Crippen molar-refractivity contribution in [2.75, 3.05) is 12.4 Å².